The fourth-order valence-electron chi connectivity index (χ4n) is 3.43. The minimum Gasteiger partial charge on any atom is -0.374 e. The smallest absolute Gasteiger partial charge is 0.217 e. The van der Waals surface area contributed by atoms with Crippen molar-refractivity contribution < 1.29 is 13.2 Å². The van der Waals surface area contributed by atoms with Crippen LogP contribution in [0, 0.1) is 5.92 Å². The van der Waals surface area contributed by atoms with Gasteiger partial charge >= 0.3 is 0 Å². The largest absolute Gasteiger partial charge is 0.374 e. The summed E-state index contributed by atoms with van der Waals surface area (Å²) in [6.45, 7) is 8.58. The summed E-state index contributed by atoms with van der Waals surface area (Å²) in [5, 5.41) is 0. The molecule has 0 aromatic rings. The molecule has 0 saturated carbocycles. The van der Waals surface area contributed by atoms with Crippen LogP contribution in [0.2, 0.25) is 0 Å². The summed E-state index contributed by atoms with van der Waals surface area (Å²) in [6.07, 6.45) is 2.83. The first-order valence-corrected chi connectivity index (χ1v) is 9.72. The van der Waals surface area contributed by atoms with Crippen molar-refractivity contribution in [1.82, 2.24) is 9.21 Å². The Balaban J connectivity index is 2.04. The van der Waals surface area contributed by atoms with Crippen LogP contribution in [0.5, 0.6) is 0 Å². The van der Waals surface area contributed by atoms with Gasteiger partial charge in [-0.3, -0.25) is 0 Å². The van der Waals surface area contributed by atoms with Gasteiger partial charge in [0.25, 0.3) is 0 Å². The monoisotopic (exact) mass is 318 g/mol. The molecule has 0 bridgehead atoms. The quantitative estimate of drug-likeness (QED) is 0.772. The maximum atomic E-state index is 12.8. The Labute approximate surface area is 129 Å². The molecule has 0 amide bonds. The molecule has 6 heteroatoms. The van der Waals surface area contributed by atoms with E-state index in [0.29, 0.717) is 12.5 Å². The Bertz CT molecular complexity index is 436. The van der Waals surface area contributed by atoms with Crippen LogP contribution in [0.4, 0.5) is 0 Å². The van der Waals surface area contributed by atoms with E-state index >= 15 is 0 Å². The average Bonchev–Trinajstić information content (AvgIpc) is 2.72. The van der Waals surface area contributed by atoms with Gasteiger partial charge in [0.15, 0.2) is 0 Å². The summed E-state index contributed by atoms with van der Waals surface area (Å²) in [7, 11) is -1.16. The number of rotatable bonds is 5. The van der Waals surface area contributed by atoms with Crippen molar-refractivity contribution in [2.75, 3.05) is 32.4 Å². The van der Waals surface area contributed by atoms with Gasteiger partial charge in [0.2, 0.25) is 10.0 Å². The van der Waals surface area contributed by atoms with Crippen molar-refractivity contribution in [3.63, 3.8) is 0 Å². The van der Waals surface area contributed by atoms with Crippen LogP contribution in [-0.4, -0.2) is 68.3 Å². The van der Waals surface area contributed by atoms with Crippen LogP contribution in [0.15, 0.2) is 0 Å². The Kier molecular flexibility index (Phi) is 5.68. The lowest BCUT2D eigenvalue weighted by molar-refractivity contribution is 0.0671. The second-order valence-corrected chi connectivity index (χ2v) is 9.05. The summed E-state index contributed by atoms with van der Waals surface area (Å²) in [4.78, 5) is 2.23. The number of hydrogen-bond acceptors (Lipinski definition) is 4. The van der Waals surface area contributed by atoms with Crippen LogP contribution >= 0.6 is 0 Å². The molecule has 2 rings (SSSR count). The van der Waals surface area contributed by atoms with Gasteiger partial charge in [-0.2, -0.15) is 4.31 Å². The maximum absolute atomic E-state index is 12.8. The topological polar surface area (TPSA) is 49.9 Å². The molecule has 2 aliphatic heterocycles. The first-order chi connectivity index (χ1) is 9.78. The highest BCUT2D eigenvalue weighted by atomic mass is 32.2. The lowest BCUT2D eigenvalue weighted by Gasteiger charge is -2.40. The Morgan fingerprint density at radius 1 is 1.24 bits per heavy atom. The zero-order chi connectivity index (χ0) is 15.6. The van der Waals surface area contributed by atoms with Crippen molar-refractivity contribution in [3.05, 3.63) is 0 Å². The number of ether oxygens (including phenoxy) is 1. The van der Waals surface area contributed by atoms with Crippen molar-refractivity contribution in [1.29, 1.82) is 0 Å². The van der Waals surface area contributed by atoms with Gasteiger partial charge in [-0.05, 0) is 39.2 Å². The molecule has 0 radical (unpaired) electrons. The van der Waals surface area contributed by atoms with Gasteiger partial charge in [0.1, 0.15) is 0 Å². The Morgan fingerprint density at radius 3 is 2.52 bits per heavy atom. The summed E-state index contributed by atoms with van der Waals surface area (Å²) in [5.74, 6) is 0.650. The molecule has 0 spiro atoms. The minimum absolute atomic E-state index is 0.104. The molecule has 124 valence electrons. The van der Waals surface area contributed by atoms with Gasteiger partial charge in [-0.25, -0.2) is 8.42 Å². The highest BCUT2D eigenvalue weighted by Gasteiger charge is 2.37. The van der Waals surface area contributed by atoms with E-state index in [1.165, 1.54) is 0 Å². The van der Waals surface area contributed by atoms with E-state index in [1.807, 2.05) is 6.92 Å². The molecule has 2 saturated heterocycles. The van der Waals surface area contributed by atoms with Crippen LogP contribution < -0.4 is 0 Å². The standard InChI is InChI=1S/C15H30N2O3S/c1-12(2)9-14-10-16(4)7-8-17(14)21(18,19)11-15-6-5-13(3)20-15/h12-15H,5-11H2,1-4H3. The molecular weight excluding hydrogens is 288 g/mol. The number of piperazine rings is 1. The minimum atomic E-state index is -3.23. The van der Waals surface area contributed by atoms with Gasteiger partial charge < -0.3 is 9.64 Å². The molecule has 0 aromatic carbocycles. The highest BCUT2D eigenvalue weighted by molar-refractivity contribution is 7.89. The molecule has 5 nitrogen and oxygen atoms in total. The molecule has 2 aliphatic rings. The first kappa shape index (κ1) is 17.2. The van der Waals surface area contributed by atoms with Crippen LogP contribution in [-0.2, 0) is 14.8 Å². The van der Waals surface area contributed by atoms with E-state index < -0.39 is 10.0 Å². The zero-order valence-corrected chi connectivity index (χ0v) is 14.6. The van der Waals surface area contributed by atoms with E-state index in [2.05, 4.69) is 25.8 Å². The number of nitrogens with zero attached hydrogens (tertiary/aromatic N) is 2. The molecular formula is C15H30N2O3S. The molecule has 3 atom stereocenters. The summed E-state index contributed by atoms with van der Waals surface area (Å²) in [5.41, 5.74) is 0. The third-order valence-electron chi connectivity index (χ3n) is 4.45. The van der Waals surface area contributed by atoms with Crippen LogP contribution in [0.1, 0.15) is 40.0 Å². The van der Waals surface area contributed by atoms with Gasteiger partial charge in [0.05, 0.1) is 18.0 Å². The van der Waals surface area contributed by atoms with Crippen molar-refractivity contribution in [2.24, 2.45) is 5.92 Å². The third kappa shape index (κ3) is 4.65. The SMILES string of the molecule is CC(C)CC1CN(C)CCN1S(=O)(=O)CC1CCC(C)O1. The summed E-state index contributed by atoms with van der Waals surface area (Å²) < 4.78 is 33.0. The average molecular weight is 318 g/mol. The molecule has 0 aromatic heterocycles. The van der Waals surface area contributed by atoms with Gasteiger partial charge in [-0.15, -0.1) is 0 Å². The van der Waals surface area contributed by atoms with E-state index in [9.17, 15) is 8.42 Å². The zero-order valence-electron chi connectivity index (χ0n) is 13.8. The molecule has 0 aliphatic carbocycles. The van der Waals surface area contributed by atoms with Crippen molar-refractivity contribution >= 4 is 10.0 Å². The second kappa shape index (κ2) is 6.94. The van der Waals surface area contributed by atoms with Crippen LogP contribution in [0.3, 0.4) is 0 Å². The summed E-state index contributed by atoms with van der Waals surface area (Å²) >= 11 is 0. The number of sulfonamides is 1. The predicted octanol–water partition coefficient (Wildman–Crippen LogP) is 1.55. The normalized spacial score (nSPS) is 32.9. The highest BCUT2D eigenvalue weighted by Crippen LogP contribution is 2.25. The van der Waals surface area contributed by atoms with Crippen molar-refractivity contribution in [2.45, 2.75) is 58.3 Å². The fraction of sp³-hybridized carbons (Fsp3) is 1.00. The van der Waals surface area contributed by atoms with Gasteiger partial charge in [0, 0.05) is 25.7 Å². The Hall–Kier alpha value is -0.170. The molecule has 21 heavy (non-hydrogen) atoms. The predicted molar refractivity (Wildman–Crippen MR) is 84.8 cm³/mol. The molecule has 2 fully saturated rings. The fourth-order valence-corrected chi connectivity index (χ4v) is 5.31. The van der Waals surface area contributed by atoms with E-state index in [1.54, 1.807) is 4.31 Å². The molecule has 0 N–H and O–H groups in total. The van der Waals surface area contributed by atoms with Crippen LogP contribution in [0.25, 0.3) is 0 Å². The van der Waals surface area contributed by atoms with Gasteiger partial charge in [-0.1, -0.05) is 13.8 Å². The van der Waals surface area contributed by atoms with E-state index in [-0.39, 0.29) is 24.0 Å². The van der Waals surface area contributed by atoms with E-state index in [0.717, 1.165) is 32.4 Å². The number of hydrogen-bond donors (Lipinski definition) is 0. The molecule has 3 unspecified atom stereocenters. The van der Waals surface area contributed by atoms with Crippen molar-refractivity contribution in [3.8, 4) is 0 Å². The van der Waals surface area contributed by atoms with E-state index in [4.69, 9.17) is 4.74 Å². The first-order valence-electron chi connectivity index (χ1n) is 8.11. The number of likely N-dealkylation sites (N-methyl/N-ethyl adjacent to an activating group) is 1. The second-order valence-electron chi connectivity index (χ2n) is 7.08. The lowest BCUT2D eigenvalue weighted by Crippen LogP contribution is -2.55. The third-order valence-corrected chi connectivity index (χ3v) is 6.44. The Morgan fingerprint density at radius 2 is 1.95 bits per heavy atom. The summed E-state index contributed by atoms with van der Waals surface area (Å²) in [6, 6.07) is 0.104. The molecule has 2 heterocycles. The maximum Gasteiger partial charge on any atom is 0.217 e. The lowest BCUT2D eigenvalue weighted by atomic mass is 10.0.